The molecule has 0 saturated carbocycles. The molecule has 0 unspecified atom stereocenters. The van der Waals surface area contributed by atoms with Crippen LogP contribution in [0.1, 0.15) is 0 Å². The van der Waals surface area contributed by atoms with Gasteiger partial charge in [0.15, 0.2) is 0 Å². The molecule has 0 bridgehead atoms. The number of halogens is 1. The van der Waals surface area contributed by atoms with Crippen molar-refractivity contribution < 1.29 is 17.5 Å². The number of benzene rings is 2. The van der Waals surface area contributed by atoms with Crippen LogP contribution in [-0.2, 0) is 10.1 Å². The van der Waals surface area contributed by atoms with Gasteiger partial charge in [0.05, 0.1) is 9.95 Å². The van der Waals surface area contributed by atoms with Crippen LogP contribution < -0.4 is 4.18 Å². The number of rotatable bonds is 4. The zero-order valence-corrected chi connectivity index (χ0v) is 11.5. The zero-order chi connectivity index (χ0) is 14.8. The minimum absolute atomic E-state index is 0.0319. The first-order valence-corrected chi connectivity index (χ1v) is 7.12. The van der Waals surface area contributed by atoms with Crippen LogP contribution in [-0.4, -0.2) is 13.3 Å². The molecule has 20 heavy (non-hydrogen) atoms. The third kappa shape index (κ3) is 3.06. The lowest BCUT2D eigenvalue weighted by atomic mass is 10.3. The Morgan fingerprint density at radius 3 is 2.20 bits per heavy atom. The highest BCUT2D eigenvalue weighted by Gasteiger charge is 2.20. The number of nitro benzene ring substituents is 1. The number of nitrogens with zero attached hydrogens (tertiary/aromatic N) is 1. The van der Waals surface area contributed by atoms with Crippen LogP contribution in [0, 0.1) is 10.1 Å². The summed E-state index contributed by atoms with van der Waals surface area (Å²) in [5.74, 6) is -0.0319. The maximum absolute atomic E-state index is 12.0. The molecule has 0 radical (unpaired) electrons. The quantitative estimate of drug-likeness (QED) is 0.492. The summed E-state index contributed by atoms with van der Waals surface area (Å²) in [5, 5.41) is 10.5. The Hall–Kier alpha value is -2.12. The first-order valence-electron chi connectivity index (χ1n) is 5.33. The van der Waals surface area contributed by atoms with E-state index in [1.165, 1.54) is 30.3 Å². The van der Waals surface area contributed by atoms with Crippen molar-refractivity contribution in [3.63, 3.8) is 0 Å². The first-order chi connectivity index (χ1) is 9.40. The van der Waals surface area contributed by atoms with E-state index in [4.69, 9.17) is 15.8 Å². The highest BCUT2D eigenvalue weighted by Crippen LogP contribution is 2.25. The summed E-state index contributed by atoms with van der Waals surface area (Å²) in [6.45, 7) is 0. The Bertz CT molecular complexity index is 743. The normalized spacial score (nSPS) is 11.1. The van der Waals surface area contributed by atoms with Gasteiger partial charge < -0.3 is 4.18 Å². The number of hydrogen-bond acceptors (Lipinski definition) is 5. The lowest BCUT2D eigenvalue weighted by Gasteiger charge is -2.07. The van der Waals surface area contributed by atoms with E-state index in [9.17, 15) is 18.5 Å². The molecule has 0 aliphatic carbocycles. The molecule has 0 fully saturated rings. The molecule has 2 rings (SSSR count). The number of non-ortho nitro benzene ring substituents is 1. The lowest BCUT2D eigenvalue weighted by Crippen LogP contribution is -2.10. The molecule has 0 amide bonds. The van der Waals surface area contributed by atoms with Crippen molar-refractivity contribution in [1.29, 1.82) is 0 Å². The zero-order valence-electron chi connectivity index (χ0n) is 9.89. The summed E-state index contributed by atoms with van der Waals surface area (Å²) in [5.41, 5.74) is -0.160. The summed E-state index contributed by atoms with van der Waals surface area (Å²) in [7, 11) is -4.08. The van der Waals surface area contributed by atoms with Gasteiger partial charge in [-0.25, -0.2) is 0 Å². The second-order valence-electron chi connectivity index (χ2n) is 3.72. The van der Waals surface area contributed by atoms with Gasteiger partial charge >= 0.3 is 10.1 Å². The van der Waals surface area contributed by atoms with Crippen LogP contribution in [0.5, 0.6) is 5.75 Å². The van der Waals surface area contributed by atoms with Crippen LogP contribution in [0.3, 0.4) is 0 Å². The first kappa shape index (κ1) is 14.3. The molecule has 104 valence electrons. The summed E-state index contributed by atoms with van der Waals surface area (Å²) >= 11 is 5.79. The van der Waals surface area contributed by atoms with Crippen molar-refractivity contribution in [3.8, 4) is 5.75 Å². The van der Waals surface area contributed by atoms with E-state index in [-0.39, 0.29) is 21.4 Å². The molecule has 0 spiro atoms. The fraction of sp³-hybridized carbons (Fsp3) is 0. The van der Waals surface area contributed by atoms with E-state index < -0.39 is 15.0 Å². The largest absolute Gasteiger partial charge is 0.379 e. The summed E-state index contributed by atoms with van der Waals surface area (Å²) < 4.78 is 28.9. The Kier molecular flexibility index (Phi) is 3.91. The highest BCUT2D eigenvalue weighted by atomic mass is 35.5. The number of nitro groups is 1. The molecule has 0 N–H and O–H groups in total. The Balaban J connectivity index is 2.29. The monoisotopic (exact) mass is 313 g/mol. The average Bonchev–Trinajstić information content (AvgIpc) is 2.39. The molecule has 2 aromatic carbocycles. The second-order valence-corrected chi connectivity index (χ2v) is 5.64. The Morgan fingerprint density at radius 1 is 1.05 bits per heavy atom. The van der Waals surface area contributed by atoms with E-state index in [1.54, 1.807) is 6.07 Å². The summed E-state index contributed by atoms with van der Waals surface area (Å²) in [4.78, 5) is 9.74. The molecule has 0 aliphatic heterocycles. The molecule has 2 aromatic rings. The maximum atomic E-state index is 12.0. The summed E-state index contributed by atoms with van der Waals surface area (Å²) in [6, 6.07) is 10.5. The molecule has 6 nitrogen and oxygen atoms in total. The van der Waals surface area contributed by atoms with E-state index in [0.29, 0.717) is 0 Å². The van der Waals surface area contributed by atoms with Gasteiger partial charge in [0.2, 0.25) is 0 Å². The van der Waals surface area contributed by atoms with Gasteiger partial charge in [-0.1, -0.05) is 23.7 Å². The molecule has 0 atom stereocenters. The third-order valence-electron chi connectivity index (χ3n) is 2.36. The molecule has 8 heteroatoms. The molecule has 0 saturated heterocycles. The Morgan fingerprint density at radius 2 is 1.65 bits per heavy atom. The smallest absolute Gasteiger partial charge is 0.340 e. The van der Waals surface area contributed by atoms with Crippen molar-refractivity contribution in [2.45, 2.75) is 4.90 Å². The highest BCUT2D eigenvalue weighted by molar-refractivity contribution is 7.87. The molecular weight excluding hydrogens is 306 g/mol. The fourth-order valence-electron chi connectivity index (χ4n) is 1.44. The SMILES string of the molecule is O=[N+]([O-])c1ccc(OS(=O)(=O)c2ccccc2Cl)cc1. The number of hydrogen-bond donors (Lipinski definition) is 0. The van der Waals surface area contributed by atoms with Crippen molar-refractivity contribution in [2.75, 3.05) is 0 Å². The van der Waals surface area contributed by atoms with Crippen LogP contribution in [0.2, 0.25) is 5.02 Å². The topological polar surface area (TPSA) is 86.5 Å². The summed E-state index contributed by atoms with van der Waals surface area (Å²) in [6.07, 6.45) is 0. The van der Waals surface area contributed by atoms with Gasteiger partial charge in [-0.2, -0.15) is 8.42 Å². The predicted molar refractivity (Wildman–Crippen MR) is 72.4 cm³/mol. The van der Waals surface area contributed by atoms with E-state index in [0.717, 1.165) is 12.1 Å². The van der Waals surface area contributed by atoms with Crippen molar-refractivity contribution >= 4 is 27.4 Å². The average molecular weight is 314 g/mol. The lowest BCUT2D eigenvalue weighted by molar-refractivity contribution is -0.384. The van der Waals surface area contributed by atoms with E-state index in [1.807, 2.05) is 0 Å². The minimum Gasteiger partial charge on any atom is -0.379 e. The van der Waals surface area contributed by atoms with Crippen LogP contribution in [0.15, 0.2) is 53.4 Å². The van der Waals surface area contributed by atoms with Crippen LogP contribution >= 0.6 is 11.6 Å². The predicted octanol–water partition coefficient (Wildman–Crippen LogP) is 3.02. The van der Waals surface area contributed by atoms with Gasteiger partial charge in [-0.3, -0.25) is 10.1 Å². The molecule has 0 aliphatic rings. The van der Waals surface area contributed by atoms with E-state index >= 15 is 0 Å². The van der Waals surface area contributed by atoms with Gasteiger partial charge in [-0.15, -0.1) is 0 Å². The maximum Gasteiger partial charge on any atom is 0.340 e. The molecular formula is C12H8ClNO5S. The fourth-order valence-corrected chi connectivity index (χ4v) is 2.87. The van der Waals surface area contributed by atoms with Crippen LogP contribution in [0.25, 0.3) is 0 Å². The van der Waals surface area contributed by atoms with Gasteiger partial charge in [0.25, 0.3) is 5.69 Å². The minimum atomic E-state index is -4.08. The van der Waals surface area contributed by atoms with Gasteiger partial charge in [0, 0.05) is 12.1 Å². The standard InChI is InChI=1S/C12H8ClNO5S/c13-11-3-1-2-4-12(11)20(17,18)19-10-7-5-9(6-8-10)14(15)16/h1-8H. The van der Waals surface area contributed by atoms with E-state index in [2.05, 4.69) is 0 Å². The van der Waals surface area contributed by atoms with Crippen LogP contribution in [0.4, 0.5) is 5.69 Å². The van der Waals surface area contributed by atoms with Crippen molar-refractivity contribution in [3.05, 3.63) is 63.7 Å². The molecule has 0 aromatic heterocycles. The Labute approximate surface area is 119 Å². The molecule has 0 heterocycles. The van der Waals surface area contributed by atoms with Gasteiger partial charge in [0.1, 0.15) is 10.6 Å². The third-order valence-corrected chi connectivity index (χ3v) is 4.11. The van der Waals surface area contributed by atoms with Crippen molar-refractivity contribution in [1.82, 2.24) is 0 Å². The van der Waals surface area contributed by atoms with Gasteiger partial charge in [-0.05, 0) is 24.3 Å². The second kappa shape index (κ2) is 5.48. The van der Waals surface area contributed by atoms with Crippen molar-refractivity contribution in [2.24, 2.45) is 0 Å².